The summed E-state index contributed by atoms with van der Waals surface area (Å²) >= 11 is 0. The molecule has 0 heterocycles. The van der Waals surface area contributed by atoms with Crippen molar-refractivity contribution in [2.24, 2.45) is 0 Å². The molecule has 0 fully saturated rings. The topological polar surface area (TPSA) is 69.6 Å². The van der Waals surface area contributed by atoms with Gasteiger partial charge in [0.15, 0.2) is 5.78 Å². The number of nitrogens with one attached hydrogen (secondary N) is 1. The fourth-order valence-corrected chi connectivity index (χ4v) is 1.25. The molecule has 0 aliphatic heterocycles. The van der Waals surface area contributed by atoms with Crippen molar-refractivity contribution in [3.05, 3.63) is 29.8 Å². The van der Waals surface area contributed by atoms with Gasteiger partial charge in [-0.2, -0.15) is 0 Å². The minimum Gasteiger partial charge on any atom is -0.389 e. The van der Waals surface area contributed by atoms with E-state index in [0.717, 1.165) is 5.69 Å². The Balaban J connectivity index is 2.61. The van der Waals surface area contributed by atoms with Gasteiger partial charge in [-0.25, -0.2) is 0 Å². The minimum atomic E-state index is -0.556. The molecule has 2 N–H and O–H groups in total. The summed E-state index contributed by atoms with van der Waals surface area (Å²) in [4.78, 5) is 24.3. The molecule has 17 heavy (non-hydrogen) atoms. The molecule has 5 nitrogen and oxygen atoms in total. The fourth-order valence-electron chi connectivity index (χ4n) is 1.25. The van der Waals surface area contributed by atoms with Crippen molar-refractivity contribution in [1.82, 2.24) is 5.32 Å². The first-order valence-electron chi connectivity index (χ1n) is 5.22. The molecule has 92 valence electrons. The predicted molar refractivity (Wildman–Crippen MR) is 65.2 cm³/mol. The van der Waals surface area contributed by atoms with Crippen LogP contribution in [0.3, 0.4) is 0 Å². The third kappa shape index (κ3) is 3.88. The summed E-state index contributed by atoms with van der Waals surface area (Å²) in [6, 6.07) is 7.02. The summed E-state index contributed by atoms with van der Waals surface area (Å²) < 4.78 is 0. The molecule has 0 saturated carbocycles. The maximum absolute atomic E-state index is 11.6. The second-order valence-electron chi connectivity index (χ2n) is 3.82. The molecule has 1 rings (SSSR count). The Labute approximate surface area is 100 Å². The van der Waals surface area contributed by atoms with E-state index in [2.05, 4.69) is 5.32 Å². The Morgan fingerprint density at radius 3 is 2.29 bits per heavy atom. The summed E-state index contributed by atoms with van der Waals surface area (Å²) in [6.07, 6.45) is 0. The van der Waals surface area contributed by atoms with Crippen molar-refractivity contribution < 1.29 is 14.7 Å². The number of aliphatic hydroxyl groups is 1. The molecule has 1 amide bonds. The van der Waals surface area contributed by atoms with E-state index in [1.807, 2.05) is 31.1 Å². The number of anilines is 1. The third-order valence-electron chi connectivity index (χ3n) is 2.27. The van der Waals surface area contributed by atoms with Crippen LogP contribution in [0.1, 0.15) is 10.4 Å². The van der Waals surface area contributed by atoms with E-state index in [1.165, 1.54) is 0 Å². The summed E-state index contributed by atoms with van der Waals surface area (Å²) in [7, 11) is 3.82. The second-order valence-corrected chi connectivity index (χ2v) is 3.82. The Bertz CT molecular complexity index is 399. The summed E-state index contributed by atoms with van der Waals surface area (Å²) in [5.74, 6) is -0.736. The van der Waals surface area contributed by atoms with Gasteiger partial charge in [-0.3, -0.25) is 9.59 Å². The minimum absolute atomic E-state index is 0.148. The van der Waals surface area contributed by atoms with Crippen LogP contribution in [-0.2, 0) is 4.79 Å². The highest BCUT2D eigenvalue weighted by atomic mass is 16.3. The zero-order valence-electron chi connectivity index (χ0n) is 9.93. The van der Waals surface area contributed by atoms with E-state index in [-0.39, 0.29) is 12.5 Å². The monoisotopic (exact) mass is 236 g/mol. The van der Waals surface area contributed by atoms with Crippen molar-refractivity contribution in [2.75, 3.05) is 32.1 Å². The van der Waals surface area contributed by atoms with Gasteiger partial charge in [-0.15, -0.1) is 0 Å². The van der Waals surface area contributed by atoms with Crippen LogP contribution in [0.5, 0.6) is 0 Å². The average molecular weight is 236 g/mol. The molecule has 0 unspecified atom stereocenters. The lowest BCUT2D eigenvalue weighted by atomic mass is 10.2. The summed E-state index contributed by atoms with van der Waals surface area (Å²) in [5, 5.41) is 10.9. The molecule has 0 aliphatic rings. The first-order valence-corrected chi connectivity index (χ1v) is 5.22. The summed E-state index contributed by atoms with van der Waals surface area (Å²) in [5.41, 5.74) is 1.48. The third-order valence-corrected chi connectivity index (χ3v) is 2.27. The number of rotatable bonds is 5. The Hall–Kier alpha value is -1.88. The van der Waals surface area contributed by atoms with Crippen LogP contribution in [0.25, 0.3) is 0 Å². The number of Topliss-reactive ketones (excluding diaryl/α,β-unsaturated/α-hetero) is 1. The predicted octanol–water partition coefficient (Wildman–Crippen LogP) is 0.0438. The molecule has 0 saturated heterocycles. The number of hydrogen-bond donors (Lipinski definition) is 2. The summed E-state index contributed by atoms with van der Waals surface area (Å²) in [6.45, 7) is -0.704. The molecule has 5 heteroatoms. The lowest BCUT2D eigenvalue weighted by molar-refractivity contribution is -0.120. The highest BCUT2D eigenvalue weighted by Gasteiger charge is 2.07. The SMILES string of the molecule is CN(C)c1ccc(C(=O)NCC(=O)CO)cc1. The van der Waals surface area contributed by atoms with E-state index in [1.54, 1.807) is 12.1 Å². The number of aliphatic hydroxyl groups excluding tert-OH is 1. The molecule has 0 aromatic heterocycles. The normalized spacial score (nSPS) is 9.82. The van der Waals surface area contributed by atoms with E-state index in [4.69, 9.17) is 5.11 Å². The number of hydrogen-bond acceptors (Lipinski definition) is 4. The van der Waals surface area contributed by atoms with Gasteiger partial charge in [0.25, 0.3) is 5.91 Å². The van der Waals surface area contributed by atoms with Crippen LogP contribution < -0.4 is 10.2 Å². The van der Waals surface area contributed by atoms with Gasteiger partial charge < -0.3 is 15.3 Å². The first-order chi connectivity index (χ1) is 8.04. The first kappa shape index (κ1) is 13.2. The largest absolute Gasteiger partial charge is 0.389 e. The fraction of sp³-hybridized carbons (Fsp3) is 0.333. The molecule has 0 atom stereocenters. The number of carbonyl (C=O) groups is 2. The van der Waals surface area contributed by atoms with E-state index >= 15 is 0 Å². The molecular weight excluding hydrogens is 220 g/mol. The van der Waals surface area contributed by atoms with Gasteiger partial charge in [0.05, 0.1) is 6.54 Å². The van der Waals surface area contributed by atoms with Crippen molar-refractivity contribution >= 4 is 17.4 Å². The zero-order valence-corrected chi connectivity index (χ0v) is 9.93. The molecule has 1 aromatic rings. The van der Waals surface area contributed by atoms with Crippen molar-refractivity contribution in [2.45, 2.75) is 0 Å². The molecule has 1 aromatic carbocycles. The maximum Gasteiger partial charge on any atom is 0.251 e. The van der Waals surface area contributed by atoms with Crippen LogP contribution >= 0.6 is 0 Å². The van der Waals surface area contributed by atoms with Gasteiger partial charge in [-0.05, 0) is 24.3 Å². The van der Waals surface area contributed by atoms with Crippen molar-refractivity contribution in [3.63, 3.8) is 0 Å². The number of benzene rings is 1. The van der Waals surface area contributed by atoms with Crippen LogP contribution in [-0.4, -0.2) is 44.0 Å². The van der Waals surface area contributed by atoms with E-state index in [9.17, 15) is 9.59 Å². The smallest absolute Gasteiger partial charge is 0.251 e. The van der Waals surface area contributed by atoms with Crippen LogP contribution in [0, 0.1) is 0 Å². The number of carbonyl (C=O) groups excluding carboxylic acids is 2. The van der Waals surface area contributed by atoms with Crippen LogP contribution in [0.15, 0.2) is 24.3 Å². The second kappa shape index (κ2) is 6.00. The highest BCUT2D eigenvalue weighted by molar-refractivity contribution is 5.97. The zero-order chi connectivity index (χ0) is 12.8. The van der Waals surface area contributed by atoms with Gasteiger partial charge >= 0.3 is 0 Å². The Kier molecular flexibility index (Phi) is 4.66. The van der Waals surface area contributed by atoms with Gasteiger partial charge in [0.1, 0.15) is 6.61 Å². The molecular formula is C12H16N2O3. The molecule has 0 spiro atoms. The standard InChI is InChI=1S/C12H16N2O3/c1-14(2)10-5-3-9(4-6-10)12(17)13-7-11(16)8-15/h3-6,15H,7-8H2,1-2H3,(H,13,17). The van der Waals surface area contributed by atoms with Crippen LogP contribution in [0.4, 0.5) is 5.69 Å². The van der Waals surface area contributed by atoms with Crippen LogP contribution in [0.2, 0.25) is 0 Å². The van der Waals surface area contributed by atoms with Gasteiger partial charge in [0.2, 0.25) is 0 Å². The number of ketones is 1. The Morgan fingerprint density at radius 1 is 1.24 bits per heavy atom. The lowest BCUT2D eigenvalue weighted by Gasteiger charge is -2.12. The quantitative estimate of drug-likeness (QED) is 0.757. The highest BCUT2D eigenvalue weighted by Crippen LogP contribution is 2.11. The molecule has 0 bridgehead atoms. The molecule has 0 radical (unpaired) electrons. The van der Waals surface area contributed by atoms with Crippen molar-refractivity contribution in [3.8, 4) is 0 Å². The average Bonchev–Trinajstić information content (AvgIpc) is 2.35. The number of nitrogens with zero attached hydrogens (tertiary/aromatic N) is 1. The van der Waals surface area contributed by atoms with E-state index < -0.39 is 12.4 Å². The van der Waals surface area contributed by atoms with E-state index in [0.29, 0.717) is 5.56 Å². The lowest BCUT2D eigenvalue weighted by Crippen LogP contribution is -2.30. The Morgan fingerprint density at radius 2 is 1.82 bits per heavy atom. The molecule has 0 aliphatic carbocycles. The number of amides is 1. The van der Waals surface area contributed by atoms with Gasteiger partial charge in [0, 0.05) is 25.3 Å². The van der Waals surface area contributed by atoms with Crippen molar-refractivity contribution in [1.29, 1.82) is 0 Å². The maximum atomic E-state index is 11.6. The van der Waals surface area contributed by atoms with Gasteiger partial charge in [-0.1, -0.05) is 0 Å².